The lowest BCUT2D eigenvalue weighted by Crippen LogP contribution is -2.39. The van der Waals surface area contributed by atoms with Gasteiger partial charge in [-0.05, 0) is 31.0 Å². The number of hydrogen-bond donors (Lipinski definition) is 0. The molecule has 0 saturated carbocycles. The highest BCUT2D eigenvalue weighted by Crippen LogP contribution is 2.23. The third kappa shape index (κ3) is 4.35. The van der Waals surface area contributed by atoms with Crippen LogP contribution in [0.25, 0.3) is 22.2 Å². The maximum absolute atomic E-state index is 12.7. The Bertz CT molecular complexity index is 1160. The molecule has 8 nitrogen and oxygen atoms in total. The van der Waals surface area contributed by atoms with Crippen LogP contribution in [0, 0.1) is 5.92 Å². The number of pyridine rings is 2. The maximum Gasteiger partial charge on any atom is 0.211 e. The van der Waals surface area contributed by atoms with Gasteiger partial charge in [0, 0.05) is 61.5 Å². The number of ketones is 1. The third-order valence-electron chi connectivity index (χ3n) is 5.36. The lowest BCUT2D eigenvalue weighted by atomic mass is 9.91. The van der Waals surface area contributed by atoms with Crippen LogP contribution in [0.2, 0.25) is 0 Å². The summed E-state index contributed by atoms with van der Waals surface area (Å²) in [6, 6.07) is 5.75. The fourth-order valence-electron chi connectivity index (χ4n) is 3.70. The van der Waals surface area contributed by atoms with E-state index >= 15 is 0 Å². The number of piperidine rings is 1. The van der Waals surface area contributed by atoms with Crippen molar-refractivity contribution in [1.29, 1.82) is 0 Å². The van der Waals surface area contributed by atoms with E-state index in [0.29, 0.717) is 31.6 Å². The molecule has 4 rings (SSSR count). The van der Waals surface area contributed by atoms with E-state index in [1.165, 1.54) is 10.6 Å². The van der Waals surface area contributed by atoms with Gasteiger partial charge >= 0.3 is 0 Å². The Morgan fingerprint density at radius 2 is 1.97 bits per heavy atom. The quantitative estimate of drug-likeness (QED) is 0.633. The molecule has 0 N–H and O–H groups in total. The Labute approximate surface area is 169 Å². The lowest BCUT2D eigenvalue weighted by molar-refractivity contribution is -0.123. The van der Waals surface area contributed by atoms with Gasteiger partial charge in [-0.15, -0.1) is 0 Å². The molecule has 0 aromatic carbocycles. The predicted molar refractivity (Wildman–Crippen MR) is 110 cm³/mol. The van der Waals surface area contributed by atoms with Crippen molar-refractivity contribution in [2.45, 2.75) is 19.3 Å². The number of carbonyl (C=O) groups excluding carboxylic acids is 1. The van der Waals surface area contributed by atoms with Crippen LogP contribution < -0.4 is 0 Å². The Morgan fingerprint density at radius 3 is 2.62 bits per heavy atom. The van der Waals surface area contributed by atoms with Crippen LogP contribution in [0.5, 0.6) is 0 Å². The van der Waals surface area contributed by atoms with E-state index in [-0.39, 0.29) is 18.1 Å². The first kappa shape index (κ1) is 19.7. The van der Waals surface area contributed by atoms with E-state index in [4.69, 9.17) is 4.98 Å². The number of carbonyl (C=O) groups is 1. The van der Waals surface area contributed by atoms with Gasteiger partial charge in [0.15, 0.2) is 0 Å². The molecular formula is C20H23N5O3S. The summed E-state index contributed by atoms with van der Waals surface area (Å²) < 4.78 is 26.4. The second kappa shape index (κ2) is 7.64. The zero-order valence-electron chi connectivity index (χ0n) is 16.4. The van der Waals surface area contributed by atoms with Crippen molar-refractivity contribution < 1.29 is 13.2 Å². The van der Waals surface area contributed by atoms with Crippen LogP contribution in [0.3, 0.4) is 0 Å². The van der Waals surface area contributed by atoms with Crippen LogP contribution in [-0.2, 0) is 28.3 Å². The second-order valence-corrected chi connectivity index (χ2v) is 9.53. The molecule has 1 aliphatic heterocycles. The van der Waals surface area contributed by atoms with E-state index in [2.05, 4.69) is 10.1 Å². The standard InChI is InChI=1S/C20H23N5O3S/c1-24-13-16(12-22-24)18-4-3-15-11-21-17(9-19(15)23-18)10-20(26)14-5-7-25(8-6-14)29(2,27)28/h3-4,9,11-14H,5-8,10H2,1-2H3. The topological polar surface area (TPSA) is 98.1 Å². The summed E-state index contributed by atoms with van der Waals surface area (Å²) in [5, 5.41) is 5.09. The van der Waals surface area contributed by atoms with Crippen LogP contribution in [0.1, 0.15) is 18.5 Å². The molecular weight excluding hydrogens is 390 g/mol. The molecule has 3 aromatic rings. The first-order valence-corrected chi connectivity index (χ1v) is 11.4. The summed E-state index contributed by atoms with van der Waals surface area (Å²) in [4.78, 5) is 21.8. The number of sulfonamides is 1. The Kier molecular flexibility index (Phi) is 5.18. The summed E-state index contributed by atoms with van der Waals surface area (Å²) in [6.07, 6.45) is 7.97. The average Bonchev–Trinajstić information content (AvgIpc) is 3.13. The molecule has 0 atom stereocenters. The minimum atomic E-state index is -3.19. The van der Waals surface area contributed by atoms with Gasteiger partial charge in [0.1, 0.15) is 5.78 Å². The Morgan fingerprint density at radius 1 is 1.21 bits per heavy atom. The van der Waals surface area contributed by atoms with Crippen LogP contribution in [0.15, 0.2) is 36.8 Å². The lowest BCUT2D eigenvalue weighted by Gasteiger charge is -2.29. The van der Waals surface area contributed by atoms with Crippen molar-refractivity contribution in [3.63, 3.8) is 0 Å². The molecule has 1 saturated heterocycles. The van der Waals surface area contributed by atoms with Crippen molar-refractivity contribution in [2.24, 2.45) is 13.0 Å². The SMILES string of the molecule is Cn1cc(-c2ccc3cnc(CC(=O)C4CCN(S(C)(=O)=O)CC4)cc3n2)cn1. The van der Waals surface area contributed by atoms with Crippen molar-refractivity contribution in [3.05, 3.63) is 42.5 Å². The third-order valence-corrected chi connectivity index (χ3v) is 6.67. The maximum atomic E-state index is 12.7. The van der Waals surface area contributed by atoms with Gasteiger partial charge in [0.05, 0.1) is 23.7 Å². The number of rotatable bonds is 5. The number of Topliss-reactive ketones (excluding diaryl/α,β-unsaturated/α-hetero) is 1. The number of aryl methyl sites for hydroxylation is 1. The molecule has 0 aliphatic carbocycles. The van der Waals surface area contributed by atoms with Gasteiger partial charge < -0.3 is 0 Å². The van der Waals surface area contributed by atoms with E-state index in [1.807, 2.05) is 31.4 Å². The zero-order chi connectivity index (χ0) is 20.6. The molecule has 152 valence electrons. The summed E-state index contributed by atoms with van der Waals surface area (Å²) in [5.74, 6) is -0.0198. The van der Waals surface area contributed by atoms with E-state index in [9.17, 15) is 13.2 Å². The van der Waals surface area contributed by atoms with Gasteiger partial charge in [0.25, 0.3) is 0 Å². The molecule has 1 aliphatic rings. The Balaban J connectivity index is 1.48. The highest BCUT2D eigenvalue weighted by atomic mass is 32.2. The number of aromatic nitrogens is 4. The van der Waals surface area contributed by atoms with Gasteiger partial charge in [0.2, 0.25) is 10.0 Å². The summed E-state index contributed by atoms with van der Waals surface area (Å²) >= 11 is 0. The van der Waals surface area contributed by atoms with Crippen molar-refractivity contribution >= 4 is 26.7 Å². The minimum Gasteiger partial charge on any atom is -0.299 e. The van der Waals surface area contributed by atoms with E-state index < -0.39 is 10.0 Å². The summed E-state index contributed by atoms with van der Waals surface area (Å²) in [5.41, 5.74) is 3.23. The fourth-order valence-corrected chi connectivity index (χ4v) is 4.58. The van der Waals surface area contributed by atoms with Gasteiger partial charge in [-0.3, -0.25) is 14.5 Å². The van der Waals surface area contributed by atoms with Crippen molar-refractivity contribution in [2.75, 3.05) is 19.3 Å². The number of fused-ring (bicyclic) bond motifs is 1. The molecule has 0 radical (unpaired) electrons. The van der Waals surface area contributed by atoms with Crippen molar-refractivity contribution in [3.8, 4) is 11.3 Å². The van der Waals surface area contributed by atoms with Gasteiger partial charge in [-0.2, -0.15) is 5.10 Å². The normalized spacial score (nSPS) is 16.3. The van der Waals surface area contributed by atoms with Gasteiger partial charge in [-0.1, -0.05) is 0 Å². The van der Waals surface area contributed by atoms with E-state index in [1.54, 1.807) is 17.1 Å². The number of nitrogens with zero attached hydrogens (tertiary/aromatic N) is 5. The summed E-state index contributed by atoms with van der Waals surface area (Å²) in [6.45, 7) is 0.798. The van der Waals surface area contributed by atoms with E-state index in [0.717, 1.165) is 22.2 Å². The molecule has 29 heavy (non-hydrogen) atoms. The first-order valence-electron chi connectivity index (χ1n) is 9.52. The smallest absolute Gasteiger partial charge is 0.211 e. The fraction of sp³-hybridized carbons (Fsp3) is 0.400. The molecule has 0 unspecified atom stereocenters. The highest BCUT2D eigenvalue weighted by Gasteiger charge is 2.28. The first-order chi connectivity index (χ1) is 13.8. The predicted octanol–water partition coefficient (Wildman–Crippen LogP) is 1.81. The number of hydrogen-bond acceptors (Lipinski definition) is 6. The summed E-state index contributed by atoms with van der Waals surface area (Å²) in [7, 11) is -1.33. The highest BCUT2D eigenvalue weighted by molar-refractivity contribution is 7.88. The largest absolute Gasteiger partial charge is 0.299 e. The molecule has 0 amide bonds. The van der Waals surface area contributed by atoms with Gasteiger partial charge in [-0.25, -0.2) is 17.7 Å². The molecule has 4 heterocycles. The van der Waals surface area contributed by atoms with Crippen molar-refractivity contribution in [1.82, 2.24) is 24.1 Å². The van der Waals surface area contributed by atoms with Crippen LogP contribution in [-0.4, -0.2) is 57.6 Å². The average molecular weight is 414 g/mol. The van der Waals surface area contributed by atoms with Crippen LogP contribution >= 0.6 is 0 Å². The molecule has 1 fully saturated rings. The Hall–Kier alpha value is -2.65. The molecule has 3 aromatic heterocycles. The zero-order valence-corrected chi connectivity index (χ0v) is 17.3. The second-order valence-electron chi connectivity index (χ2n) is 7.55. The molecule has 0 spiro atoms. The molecule has 9 heteroatoms. The minimum absolute atomic E-state index is 0.105. The monoisotopic (exact) mass is 413 g/mol. The van der Waals surface area contributed by atoms with Crippen LogP contribution in [0.4, 0.5) is 0 Å². The molecule has 0 bridgehead atoms.